The molecule has 1 atom stereocenters. The number of halogens is 1. The summed E-state index contributed by atoms with van der Waals surface area (Å²) < 4.78 is 0.770. The third-order valence-corrected chi connectivity index (χ3v) is 4.83. The maximum absolute atomic E-state index is 10.0. The molecule has 1 saturated carbocycles. The number of aliphatic hydroxyl groups is 1. The minimum Gasteiger partial charge on any atom is -0.388 e. The molecule has 1 unspecified atom stereocenters. The second kappa shape index (κ2) is 6.04. The van der Waals surface area contributed by atoms with Gasteiger partial charge in [0.1, 0.15) is 0 Å². The van der Waals surface area contributed by atoms with E-state index in [4.69, 9.17) is 11.6 Å². The predicted molar refractivity (Wildman–Crippen MR) is 70.1 cm³/mol. The van der Waals surface area contributed by atoms with Crippen LogP contribution in [-0.2, 0) is 0 Å². The molecule has 2 rings (SSSR count). The molecule has 0 saturated heterocycles. The predicted octanol–water partition coefficient (Wildman–Crippen LogP) is 4.80. The smallest absolute Gasteiger partial charge is 0.0932 e. The number of thiophene rings is 1. The van der Waals surface area contributed by atoms with Crippen LogP contribution in [0.3, 0.4) is 0 Å². The van der Waals surface area contributed by atoms with Crippen molar-refractivity contribution in [3.05, 3.63) is 21.3 Å². The summed E-state index contributed by atoms with van der Waals surface area (Å²) in [6.07, 6.45) is 8.63. The molecule has 1 aromatic rings. The molecule has 1 aliphatic rings. The highest BCUT2D eigenvalue weighted by atomic mass is 35.5. The van der Waals surface area contributed by atoms with Gasteiger partial charge in [-0.15, -0.1) is 11.3 Å². The van der Waals surface area contributed by atoms with Gasteiger partial charge in [-0.05, 0) is 30.9 Å². The molecule has 0 radical (unpaired) electrons. The van der Waals surface area contributed by atoms with Crippen LogP contribution in [0.4, 0.5) is 0 Å². The van der Waals surface area contributed by atoms with Crippen LogP contribution < -0.4 is 0 Å². The van der Waals surface area contributed by atoms with Gasteiger partial charge in [0.25, 0.3) is 0 Å². The van der Waals surface area contributed by atoms with Crippen LogP contribution in [0.15, 0.2) is 12.1 Å². The lowest BCUT2D eigenvalue weighted by molar-refractivity contribution is 0.154. The van der Waals surface area contributed by atoms with Crippen LogP contribution in [0.25, 0.3) is 0 Å². The van der Waals surface area contributed by atoms with Crippen molar-refractivity contribution in [1.29, 1.82) is 0 Å². The molecule has 16 heavy (non-hydrogen) atoms. The highest BCUT2D eigenvalue weighted by Gasteiger charge is 2.16. The maximum Gasteiger partial charge on any atom is 0.0932 e. The zero-order valence-electron chi connectivity index (χ0n) is 9.49. The van der Waals surface area contributed by atoms with Crippen molar-refractivity contribution in [3.8, 4) is 0 Å². The summed E-state index contributed by atoms with van der Waals surface area (Å²) in [7, 11) is 0. The van der Waals surface area contributed by atoms with Gasteiger partial charge in [0.2, 0.25) is 0 Å². The summed E-state index contributed by atoms with van der Waals surface area (Å²) in [6.45, 7) is 0. The van der Waals surface area contributed by atoms with Crippen LogP contribution in [0, 0.1) is 5.92 Å². The minimum atomic E-state index is -0.306. The topological polar surface area (TPSA) is 20.2 Å². The van der Waals surface area contributed by atoms with E-state index >= 15 is 0 Å². The Morgan fingerprint density at radius 1 is 1.31 bits per heavy atom. The van der Waals surface area contributed by atoms with E-state index in [0.29, 0.717) is 0 Å². The molecule has 1 fully saturated rings. The van der Waals surface area contributed by atoms with Crippen LogP contribution >= 0.6 is 22.9 Å². The summed E-state index contributed by atoms with van der Waals surface area (Å²) in [6, 6.07) is 3.81. The average molecular weight is 259 g/mol. The molecule has 1 nitrogen and oxygen atoms in total. The molecule has 0 amide bonds. The van der Waals surface area contributed by atoms with Crippen molar-refractivity contribution in [2.45, 2.75) is 51.0 Å². The first-order valence-electron chi connectivity index (χ1n) is 6.19. The molecule has 0 bridgehead atoms. The van der Waals surface area contributed by atoms with Crippen molar-refractivity contribution in [2.75, 3.05) is 0 Å². The number of hydrogen-bond acceptors (Lipinski definition) is 2. The SMILES string of the molecule is OC(CCC1CCCCC1)c1ccc(Cl)s1. The van der Waals surface area contributed by atoms with E-state index in [9.17, 15) is 5.11 Å². The van der Waals surface area contributed by atoms with E-state index in [1.54, 1.807) is 0 Å². The van der Waals surface area contributed by atoms with Crippen LogP contribution in [0.2, 0.25) is 4.34 Å². The zero-order valence-corrected chi connectivity index (χ0v) is 11.1. The summed E-state index contributed by atoms with van der Waals surface area (Å²) in [5.41, 5.74) is 0. The molecule has 1 aliphatic carbocycles. The third kappa shape index (κ3) is 3.47. The van der Waals surface area contributed by atoms with E-state index in [-0.39, 0.29) is 6.10 Å². The Hall–Kier alpha value is -0.0500. The van der Waals surface area contributed by atoms with Gasteiger partial charge in [0.15, 0.2) is 0 Å². The fourth-order valence-electron chi connectivity index (χ4n) is 2.52. The minimum absolute atomic E-state index is 0.306. The first-order chi connectivity index (χ1) is 7.75. The lowest BCUT2D eigenvalue weighted by Crippen LogP contribution is -2.08. The highest BCUT2D eigenvalue weighted by molar-refractivity contribution is 7.16. The summed E-state index contributed by atoms with van der Waals surface area (Å²) in [5, 5.41) is 10.0. The molecule has 0 spiro atoms. The molecule has 0 aliphatic heterocycles. The Morgan fingerprint density at radius 2 is 2.06 bits per heavy atom. The monoisotopic (exact) mass is 258 g/mol. The largest absolute Gasteiger partial charge is 0.388 e. The Morgan fingerprint density at radius 3 is 2.69 bits per heavy atom. The quantitative estimate of drug-likeness (QED) is 0.823. The fraction of sp³-hybridized carbons (Fsp3) is 0.692. The van der Waals surface area contributed by atoms with E-state index in [2.05, 4.69) is 0 Å². The molecule has 1 N–H and O–H groups in total. The molecular weight excluding hydrogens is 240 g/mol. The summed E-state index contributed by atoms with van der Waals surface area (Å²) in [4.78, 5) is 1.01. The van der Waals surface area contributed by atoms with Gasteiger partial charge in [-0.1, -0.05) is 43.7 Å². The molecule has 1 heterocycles. The van der Waals surface area contributed by atoms with Crippen molar-refractivity contribution in [2.24, 2.45) is 5.92 Å². The van der Waals surface area contributed by atoms with Crippen molar-refractivity contribution < 1.29 is 5.11 Å². The molecule has 90 valence electrons. The first-order valence-corrected chi connectivity index (χ1v) is 7.38. The van der Waals surface area contributed by atoms with Gasteiger partial charge >= 0.3 is 0 Å². The highest BCUT2D eigenvalue weighted by Crippen LogP contribution is 2.33. The third-order valence-electron chi connectivity index (χ3n) is 3.50. The standard InChI is InChI=1S/C13H19ClOS/c14-13-9-8-12(16-13)11(15)7-6-10-4-2-1-3-5-10/h8-11,15H,1-7H2. The zero-order chi connectivity index (χ0) is 11.4. The van der Waals surface area contributed by atoms with Crippen molar-refractivity contribution in [3.63, 3.8) is 0 Å². The Kier molecular flexibility index (Phi) is 4.68. The summed E-state index contributed by atoms with van der Waals surface area (Å²) >= 11 is 7.36. The summed E-state index contributed by atoms with van der Waals surface area (Å²) in [5.74, 6) is 0.846. The van der Waals surface area contributed by atoms with Crippen LogP contribution in [0.5, 0.6) is 0 Å². The molecule has 1 aromatic heterocycles. The van der Waals surface area contributed by atoms with E-state index in [1.807, 2.05) is 12.1 Å². The van der Waals surface area contributed by atoms with Crippen LogP contribution in [-0.4, -0.2) is 5.11 Å². The van der Waals surface area contributed by atoms with Gasteiger partial charge in [-0.2, -0.15) is 0 Å². The second-order valence-corrected chi connectivity index (χ2v) is 6.49. The Bertz CT molecular complexity index is 317. The van der Waals surface area contributed by atoms with E-state index in [1.165, 1.54) is 43.4 Å². The van der Waals surface area contributed by atoms with Gasteiger partial charge in [0.05, 0.1) is 10.4 Å². The van der Waals surface area contributed by atoms with Gasteiger partial charge < -0.3 is 5.11 Å². The lowest BCUT2D eigenvalue weighted by Gasteiger charge is -2.22. The van der Waals surface area contributed by atoms with E-state index in [0.717, 1.165) is 28.0 Å². The van der Waals surface area contributed by atoms with Gasteiger partial charge in [0, 0.05) is 4.88 Å². The van der Waals surface area contributed by atoms with Crippen LogP contribution in [0.1, 0.15) is 55.9 Å². The normalized spacial score (nSPS) is 19.9. The maximum atomic E-state index is 10.0. The molecular formula is C13H19ClOS. The average Bonchev–Trinajstić information content (AvgIpc) is 2.74. The number of aliphatic hydroxyl groups excluding tert-OH is 1. The van der Waals surface area contributed by atoms with Crippen molar-refractivity contribution in [1.82, 2.24) is 0 Å². The fourth-order valence-corrected chi connectivity index (χ4v) is 3.60. The molecule has 0 aromatic carbocycles. The second-order valence-electron chi connectivity index (χ2n) is 4.74. The van der Waals surface area contributed by atoms with Gasteiger partial charge in [-0.3, -0.25) is 0 Å². The Labute approximate surface area is 106 Å². The van der Waals surface area contributed by atoms with Gasteiger partial charge in [-0.25, -0.2) is 0 Å². The Balaban J connectivity index is 1.76. The number of rotatable bonds is 4. The number of hydrogen-bond donors (Lipinski definition) is 1. The first kappa shape index (κ1) is 12.4. The van der Waals surface area contributed by atoms with E-state index < -0.39 is 0 Å². The lowest BCUT2D eigenvalue weighted by atomic mass is 9.85. The van der Waals surface area contributed by atoms with Crippen molar-refractivity contribution >= 4 is 22.9 Å². The molecule has 3 heteroatoms.